The lowest BCUT2D eigenvalue weighted by atomic mass is 10.0. The topological polar surface area (TPSA) is 79.6 Å². The van der Waals surface area contributed by atoms with Crippen molar-refractivity contribution >= 4 is 29.6 Å². The Kier molecular flexibility index (Phi) is 4.27. The van der Waals surface area contributed by atoms with Crippen LogP contribution in [-0.2, 0) is 9.59 Å². The average molecular weight is 338 g/mol. The van der Waals surface area contributed by atoms with E-state index in [4.69, 9.17) is 4.42 Å². The molecule has 0 radical (unpaired) electrons. The molecule has 1 aromatic carbocycles. The maximum Gasteiger partial charge on any atom is 0.335 e. The van der Waals surface area contributed by atoms with E-state index in [9.17, 15) is 14.4 Å². The summed E-state index contributed by atoms with van der Waals surface area (Å²) in [7, 11) is 0. The van der Waals surface area contributed by atoms with Gasteiger partial charge in [0.2, 0.25) is 0 Å². The highest BCUT2D eigenvalue weighted by atomic mass is 16.3. The summed E-state index contributed by atoms with van der Waals surface area (Å²) < 4.78 is 5.38. The van der Waals surface area contributed by atoms with Crippen LogP contribution in [0.15, 0.2) is 46.4 Å². The second kappa shape index (κ2) is 6.39. The van der Waals surface area contributed by atoms with Crippen molar-refractivity contribution in [2.24, 2.45) is 0 Å². The lowest BCUT2D eigenvalue weighted by Crippen LogP contribution is -2.54. The van der Waals surface area contributed by atoms with E-state index in [1.807, 2.05) is 12.1 Å². The first-order valence-electron chi connectivity index (χ1n) is 7.94. The van der Waals surface area contributed by atoms with Gasteiger partial charge in [0.25, 0.3) is 11.8 Å². The summed E-state index contributed by atoms with van der Waals surface area (Å²) in [6.45, 7) is 5.87. The highest BCUT2D eigenvalue weighted by Crippen LogP contribution is 2.24. The van der Waals surface area contributed by atoms with Crippen LogP contribution in [0.1, 0.15) is 36.8 Å². The Morgan fingerprint density at radius 3 is 2.28 bits per heavy atom. The predicted molar refractivity (Wildman–Crippen MR) is 93.0 cm³/mol. The Morgan fingerprint density at radius 1 is 1.04 bits per heavy atom. The number of urea groups is 1. The molecule has 4 amide bonds. The molecule has 0 aliphatic carbocycles. The van der Waals surface area contributed by atoms with Crippen LogP contribution in [0, 0.1) is 6.92 Å². The molecule has 1 aliphatic heterocycles. The monoisotopic (exact) mass is 338 g/mol. The van der Waals surface area contributed by atoms with Crippen LogP contribution >= 0.6 is 0 Å². The molecule has 3 rings (SSSR count). The number of benzene rings is 1. The van der Waals surface area contributed by atoms with E-state index in [-0.39, 0.29) is 5.57 Å². The number of barbiturate groups is 1. The number of imide groups is 2. The van der Waals surface area contributed by atoms with Gasteiger partial charge in [0.15, 0.2) is 0 Å². The highest BCUT2D eigenvalue weighted by Gasteiger charge is 2.37. The third-order valence-electron chi connectivity index (χ3n) is 3.97. The van der Waals surface area contributed by atoms with E-state index in [0.29, 0.717) is 23.1 Å². The largest absolute Gasteiger partial charge is 0.462 e. The summed E-state index contributed by atoms with van der Waals surface area (Å²) in [5, 5.41) is 2.19. The van der Waals surface area contributed by atoms with Crippen molar-refractivity contribution < 1.29 is 18.8 Å². The molecule has 0 bridgehead atoms. The molecule has 1 fully saturated rings. The zero-order chi connectivity index (χ0) is 18.1. The number of amides is 4. The number of aryl methyl sites for hydroxylation is 1. The average Bonchev–Trinajstić information content (AvgIpc) is 2.97. The second-order valence-corrected chi connectivity index (χ2v) is 6.15. The molecule has 2 heterocycles. The van der Waals surface area contributed by atoms with E-state index in [1.165, 1.54) is 6.08 Å². The van der Waals surface area contributed by atoms with Gasteiger partial charge in [-0.05, 0) is 48.7 Å². The maximum absolute atomic E-state index is 12.7. The third-order valence-corrected chi connectivity index (χ3v) is 3.97. The molecule has 6 heteroatoms. The SMILES string of the molecule is Cc1ccc(/C=C2/C(=O)NC(=O)N(c3ccc(C(C)C)cc3)C2=O)o1. The van der Waals surface area contributed by atoms with E-state index in [1.54, 1.807) is 31.2 Å². The minimum atomic E-state index is -0.764. The van der Waals surface area contributed by atoms with Crippen LogP contribution < -0.4 is 10.2 Å². The normalized spacial score (nSPS) is 16.7. The number of nitrogens with zero attached hydrogens (tertiary/aromatic N) is 1. The fraction of sp³-hybridized carbons (Fsp3) is 0.211. The van der Waals surface area contributed by atoms with Gasteiger partial charge in [0.05, 0.1) is 5.69 Å². The molecule has 25 heavy (non-hydrogen) atoms. The van der Waals surface area contributed by atoms with Crippen LogP contribution in [-0.4, -0.2) is 17.8 Å². The number of rotatable bonds is 3. The summed E-state index contributed by atoms with van der Waals surface area (Å²) >= 11 is 0. The van der Waals surface area contributed by atoms with Gasteiger partial charge in [0.1, 0.15) is 17.1 Å². The highest BCUT2D eigenvalue weighted by molar-refractivity contribution is 6.39. The Hall–Kier alpha value is -3.15. The van der Waals surface area contributed by atoms with Crippen molar-refractivity contribution in [3.05, 3.63) is 59.1 Å². The molecule has 1 aromatic heterocycles. The molecule has 1 aliphatic rings. The standard InChI is InChI=1S/C19H18N2O4/c1-11(2)13-5-7-14(8-6-13)21-18(23)16(17(22)20-19(21)24)10-15-9-4-12(3)25-15/h4-11H,1-3H3,(H,20,22,24)/b16-10-. The van der Waals surface area contributed by atoms with Crippen LogP contribution in [0.25, 0.3) is 6.08 Å². The summed E-state index contributed by atoms with van der Waals surface area (Å²) in [6, 6.07) is 9.72. The molecule has 128 valence electrons. The van der Waals surface area contributed by atoms with E-state index < -0.39 is 17.8 Å². The molecule has 1 saturated heterocycles. The van der Waals surface area contributed by atoms with Gasteiger partial charge >= 0.3 is 6.03 Å². The van der Waals surface area contributed by atoms with Gasteiger partial charge < -0.3 is 4.42 Å². The van der Waals surface area contributed by atoms with Crippen molar-refractivity contribution in [1.82, 2.24) is 5.32 Å². The first kappa shape index (κ1) is 16.7. The molecule has 0 spiro atoms. The maximum atomic E-state index is 12.7. The summed E-state index contributed by atoms with van der Waals surface area (Å²) in [6.07, 6.45) is 1.34. The predicted octanol–water partition coefficient (Wildman–Crippen LogP) is 3.38. The number of anilines is 1. The quantitative estimate of drug-likeness (QED) is 0.687. The second-order valence-electron chi connectivity index (χ2n) is 6.15. The Morgan fingerprint density at radius 2 is 1.72 bits per heavy atom. The minimum Gasteiger partial charge on any atom is -0.462 e. The summed E-state index contributed by atoms with van der Waals surface area (Å²) in [5.74, 6) is -0.0495. The molecular formula is C19H18N2O4. The van der Waals surface area contributed by atoms with Gasteiger partial charge in [-0.25, -0.2) is 9.69 Å². The molecule has 1 N–H and O–H groups in total. The molecule has 0 atom stereocenters. The van der Waals surface area contributed by atoms with Gasteiger partial charge in [0, 0.05) is 0 Å². The lowest BCUT2D eigenvalue weighted by Gasteiger charge is -2.26. The first-order valence-corrected chi connectivity index (χ1v) is 7.94. The van der Waals surface area contributed by atoms with Gasteiger partial charge in [-0.3, -0.25) is 14.9 Å². The first-order chi connectivity index (χ1) is 11.9. The van der Waals surface area contributed by atoms with Crippen molar-refractivity contribution in [3.63, 3.8) is 0 Å². The third kappa shape index (κ3) is 3.24. The fourth-order valence-corrected chi connectivity index (χ4v) is 2.57. The zero-order valence-corrected chi connectivity index (χ0v) is 14.2. The van der Waals surface area contributed by atoms with Crippen LogP contribution in [0.5, 0.6) is 0 Å². The van der Waals surface area contributed by atoms with Crippen molar-refractivity contribution in [2.45, 2.75) is 26.7 Å². The Labute approximate surface area is 145 Å². The smallest absolute Gasteiger partial charge is 0.335 e. The molecule has 2 aromatic rings. The van der Waals surface area contributed by atoms with Crippen LogP contribution in [0.2, 0.25) is 0 Å². The van der Waals surface area contributed by atoms with Crippen LogP contribution in [0.3, 0.4) is 0 Å². The Balaban J connectivity index is 1.96. The van der Waals surface area contributed by atoms with Crippen molar-refractivity contribution in [1.29, 1.82) is 0 Å². The molecule has 0 unspecified atom stereocenters. The molecular weight excluding hydrogens is 320 g/mol. The summed E-state index contributed by atoms with van der Waals surface area (Å²) in [4.78, 5) is 37.9. The number of nitrogens with one attached hydrogen (secondary N) is 1. The van der Waals surface area contributed by atoms with E-state index in [2.05, 4.69) is 19.2 Å². The van der Waals surface area contributed by atoms with Crippen molar-refractivity contribution in [2.75, 3.05) is 4.90 Å². The molecule has 6 nitrogen and oxygen atoms in total. The number of furan rings is 1. The Bertz CT molecular complexity index is 875. The number of carbonyl (C=O) groups excluding carboxylic acids is 3. The van der Waals surface area contributed by atoms with Crippen LogP contribution in [0.4, 0.5) is 10.5 Å². The zero-order valence-electron chi connectivity index (χ0n) is 14.2. The van der Waals surface area contributed by atoms with Crippen molar-refractivity contribution in [3.8, 4) is 0 Å². The number of hydrogen-bond acceptors (Lipinski definition) is 4. The molecule has 0 saturated carbocycles. The van der Waals surface area contributed by atoms with Gasteiger partial charge in [-0.2, -0.15) is 0 Å². The number of carbonyl (C=O) groups is 3. The van der Waals surface area contributed by atoms with Gasteiger partial charge in [-0.1, -0.05) is 26.0 Å². The van der Waals surface area contributed by atoms with Gasteiger partial charge in [-0.15, -0.1) is 0 Å². The van der Waals surface area contributed by atoms with E-state index >= 15 is 0 Å². The minimum absolute atomic E-state index is 0.151. The number of hydrogen-bond donors (Lipinski definition) is 1. The lowest BCUT2D eigenvalue weighted by molar-refractivity contribution is -0.122. The summed E-state index contributed by atoms with van der Waals surface area (Å²) in [5.41, 5.74) is 1.34. The fourth-order valence-electron chi connectivity index (χ4n) is 2.57. The van der Waals surface area contributed by atoms with E-state index in [0.717, 1.165) is 10.5 Å².